The zero-order valence-electron chi connectivity index (χ0n) is 19.9. The molecular formula is C22H41ClN6O. The number of hydrogen-bond donors (Lipinski definition) is 1. The fourth-order valence-electron chi connectivity index (χ4n) is 4.24. The highest BCUT2D eigenvalue weighted by Gasteiger charge is 2.32. The number of amides is 1. The van der Waals surface area contributed by atoms with Gasteiger partial charge in [-0.2, -0.15) is 5.10 Å². The predicted molar refractivity (Wildman–Crippen MR) is 124 cm³/mol. The van der Waals surface area contributed by atoms with Crippen LogP contribution in [0.15, 0.2) is 0 Å². The van der Waals surface area contributed by atoms with Crippen molar-refractivity contribution >= 4 is 17.5 Å². The van der Waals surface area contributed by atoms with E-state index in [-0.39, 0.29) is 5.91 Å². The third-order valence-electron chi connectivity index (χ3n) is 5.91. The molecule has 30 heavy (non-hydrogen) atoms. The molecule has 2 fully saturated rings. The van der Waals surface area contributed by atoms with Crippen LogP contribution in [0, 0.1) is 0 Å². The normalized spacial score (nSPS) is 23.6. The molecule has 8 heteroatoms. The Hall–Kier alpha value is -1.15. The Bertz CT molecular complexity index is 677. The molecule has 0 aromatic carbocycles. The first-order chi connectivity index (χ1) is 14.3. The molecule has 1 N–H and O–H groups in total. The number of rotatable bonds is 2. The van der Waals surface area contributed by atoms with E-state index in [9.17, 15) is 4.79 Å². The molecule has 0 saturated carbocycles. The average Bonchev–Trinajstić information content (AvgIpc) is 3.14. The number of hydrogen-bond acceptors (Lipinski definition) is 5. The van der Waals surface area contributed by atoms with Crippen LogP contribution in [-0.4, -0.2) is 89.3 Å². The van der Waals surface area contributed by atoms with Crippen molar-refractivity contribution in [1.29, 1.82) is 0 Å². The topological polar surface area (TPSA) is 56.6 Å². The second-order valence-electron chi connectivity index (χ2n) is 8.81. The van der Waals surface area contributed by atoms with E-state index in [1.807, 2.05) is 25.6 Å². The van der Waals surface area contributed by atoms with Crippen LogP contribution in [0.4, 0.5) is 0 Å². The van der Waals surface area contributed by atoms with E-state index in [0.29, 0.717) is 10.7 Å². The molecule has 4 rings (SSSR count). The summed E-state index contributed by atoms with van der Waals surface area (Å²) in [7, 11) is 5.46. The maximum Gasteiger partial charge on any atom is 0.275 e. The number of fused-ring (bicyclic) bond motifs is 3. The van der Waals surface area contributed by atoms with Crippen molar-refractivity contribution in [2.75, 3.05) is 40.8 Å². The highest BCUT2D eigenvalue weighted by atomic mass is 35.5. The van der Waals surface area contributed by atoms with Crippen LogP contribution in [-0.2, 0) is 13.1 Å². The molecule has 1 unspecified atom stereocenters. The van der Waals surface area contributed by atoms with Crippen LogP contribution in [0.3, 0.4) is 0 Å². The van der Waals surface area contributed by atoms with Crippen molar-refractivity contribution in [2.45, 2.75) is 78.2 Å². The maximum atomic E-state index is 11.9. The first-order valence-corrected chi connectivity index (χ1v) is 11.8. The molecule has 2 bridgehead atoms. The minimum Gasteiger partial charge on any atom is -0.343 e. The van der Waals surface area contributed by atoms with Crippen molar-refractivity contribution in [2.24, 2.45) is 0 Å². The van der Waals surface area contributed by atoms with Gasteiger partial charge in [-0.05, 0) is 40.2 Å². The molecule has 0 radical (unpaired) electrons. The molecule has 2 saturated heterocycles. The standard InChI is InChI=1S/C11H17ClN4O.C9H18N2.C2H6/c1-14(2)11(17)10-9(12)8-7-15(3)5-4-6-16(8)13-10;1-7(2)11-5-8-3-4-9(6-11)10-8;1-2/h4-7H2,1-3H3;7-10H,3-6H2,1-2H3;1-2H3/t;8-,9?;/m.0./s1. The lowest BCUT2D eigenvalue weighted by Crippen LogP contribution is -2.53. The molecule has 3 aliphatic rings. The van der Waals surface area contributed by atoms with Gasteiger partial charge in [-0.3, -0.25) is 14.4 Å². The van der Waals surface area contributed by atoms with Gasteiger partial charge in [0.2, 0.25) is 0 Å². The average molecular weight is 441 g/mol. The van der Waals surface area contributed by atoms with Gasteiger partial charge >= 0.3 is 0 Å². The highest BCUT2D eigenvalue weighted by molar-refractivity contribution is 6.34. The number of aromatic nitrogens is 2. The summed E-state index contributed by atoms with van der Waals surface area (Å²) in [5.41, 5.74) is 1.30. The SMILES string of the molecule is CC.CC(C)N1CC2CC[C@@H](C1)N2.CN1CCCn2nc(C(=O)N(C)C)c(Cl)c2C1. The molecule has 7 nitrogen and oxygen atoms in total. The summed E-state index contributed by atoms with van der Waals surface area (Å²) in [6.07, 6.45) is 3.82. The molecule has 2 atom stereocenters. The summed E-state index contributed by atoms with van der Waals surface area (Å²) in [5.74, 6) is -0.141. The number of nitrogens with one attached hydrogen (secondary N) is 1. The molecule has 1 aromatic rings. The van der Waals surface area contributed by atoms with Gasteiger partial charge in [0.1, 0.15) is 0 Å². The summed E-state index contributed by atoms with van der Waals surface area (Å²) < 4.78 is 1.86. The second-order valence-corrected chi connectivity index (χ2v) is 9.19. The summed E-state index contributed by atoms with van der Waals surface area (Å²) in [4.78, 5) is 18.2. The largest absolute Gasteiger partial charge is 0.343 e. The number of halogens is 1. The Morgan fingerprint density at radius 1 is 1.17 bits per heavy atom. The summed E-state index contributed by atoms with van der Waals surface area (Å²) in [6.45, 7) is 13.7. The predicted octanol–water partition coefficient (Wildman–Crippen LogP) is 2.93. The molecule has 3 aliphatic heterocycles. The van der Waals surface area contributed by atoms with Gasteiger partial charge in [0.25, 0.3) is 5.91 Å². The zero-order chi connectivity index (χ0) is 22.4. The third-order valence-corrected chi connectivity index (χ3v) is 6.30. The summed E-state index contributed by atoms with van der Waals surface area (Å²) in [6, 6.07) is 2.34. The van der Waals surface area contributed by atoms with E-state index in [0.717, 1.165) is 49.9 Å². The van der Waals surface area contributed by atoms with Crippen LogP contribution in [0.25, 0.3) is 0 Å². The summed E-state index contributed by atoms with van der Waals surface area (Å²) >= 11 is 6.26. The van der Waals surface area contributed by atoms with Gasteiger partial charge in [0.05, 0.1) is 10.7 Å². The van der Waals surface area contributed by atoms with E-state index >= 15 is 0 Å². The van der Waals surface area contributed by atoms with Crippen molar-refractivity contribution in [3.63, 3.8) is 0 Å². The Morgan fingerprint density at radius 3 is 2.30 bits per heavy atom. The fourth-order valence-corrected chi connectivity index (χ4v) is 4.51. The highest BCUT2D eigenvalue weighted by Crippen LogP contribution is 2.25. The first-order valence-electron chi connectivity index (χ1n) is 11.4. The summed E-state index contributed by atoms with van der Waals surface area (Å²) in [5, 5.41) is 8.46. The fraction of sp³-hybridized carbons (Fsp3) is 0.818. The molecule has 172 valence electrons. The van der Waals surface area contributed by atoms with Gasteiger partial charge in [-0.25, -0.2) is 0 Å². The molecular weight excluding hydrogens is 400 g/mol. The third kappa shape index (κ3) is 6.19. The minimum absolute atomic E-state index is 0.141. The molecule has 0 aliphatic carbocycles. The maximum absolute atomic E-state index is 11.9. The first kappa shape index (κ1) is 25.1. The lowest BCUT2D eigenvalue weighted by atomic mass is 10.2. The van der Waals surface area contributed by atoms with E-state index in [1.54, 1.807) is 14.1 Å². The van der Waals surface area contributed by atoms with Crippen molar-refractivity contribution in [3.05, 3.63) is 16.4 Å². The van der Waals surface area contributed by atoms with Crippen molar-refractivity contribution < 1.29 is 4.79 Å². The Kier molecular flexibility index (Phi) is 9.60. The Morgan fingerprint density at radius 2 is 1.77 bits per heavy atom. The Balaban J connectivity index is 0.000000212. The van der Waals surface area contributed by atoms with Gasteiger partial charge in [-0.1, -0.05) is 25.4 Å². The van der Waals surface area contributed by atoms with Gasteiger partial charge in [0.15, 0.2) is 5.69 Å². The van der Waals surface area contributed by atoms with Crippen LogP contribution in [0.2, 0.25) is 5.02 Å². The van der Waals surface area contributed by atoms with Crippen LogP contribution in [0.5, 0.6) is 0 Å². The van der Waals surface area contributed by atoms with E-state index in [1.165, 1.54) is 30.8 Å². The number of piperazine rings is 1. The Labute approximate surface area is 187 Å². The molecule has 1 aromatic heterocycles. The van der Waals surface area contributed by atoms with Crippen molar-refractivity contribution in [3.8, 4) is 0 Å². The number of nitrogens with zero attached hydrogens (tertiary/aromatic N) is 5. The number of likely N-dealkylation sites (tertiary alicyclic amines) is 1. The van der Waals surface area contributed by atoms with Gasteiger partial charge in [0, 0.05) is 64.9 Å². The number of carbonyl (C=O) groups is 1. The molecule has 0 spiro atoms. The smallest absolute Gasteiger partial charge is 0.275 e. The molecule has 4 heterocycles. The van der Waals surface area contributed by atoms with Crippen LogP contribution >= 0.6 is 11.6 Å². The number of carbonyl (C=O) groups excluding carboxylic acids is 1. The van der Waals surface area contributed by atoms with Gasteiger partial charge < -0.3 is 15.1 Å². The van der Waals surface area contributed by atoms with Gasteiger partial charge in [-0.15, -0.1) is 0 Å². The van der Waals surface area contributed by atoms with Crippen LogP contribution < -0.4 is 5.32 Å². The van der Waals surface area contributed by atoms with Crippen LogP contribution in [0.1, 0.15) is 63.1 Å². The van der Waals surface area contributed by atoms with E-state index < -0.39 is 0 Å². The van der Waals surface area contributed by atoms with E-state index in [4.69, 9.17) is 11.6 Å². The number of aryl methyl sites for hydroxylation is 1. The molecule has 1 amide bonds. The minimum atomic E-state index is -0.141. The quantitative estimate of drug-likeness (QED) is 0.766. The lowest BCUT2D eigenvalue weighted by Gasteiger charge is -2.35. The lowest BCUT2D eigenvalue weighted by molar-refractivity contribution is 0.0821. The second kappa shape index (κ2) is 11.5. The van der Waals surface area contributed by atoms with Crippen molar-refractivity contribution in [1.82, 2.24) is 29.8 Å². The zero-order valence-corrected chi connectivity index (χ0v) is 20.7. The monoisotopic (exact) mass is 440 g/mol. The van der Waals surface area contributed by atoms with E-state index in [2.05, 4.69) is 34.1 Å².